The van der Waals surface area contributed by atoms with E-state index in [-0.39, 0.29) is 5.38 Å². The molecule has 1 rings (SSSR count). The van der Waals surface area contributed by atoms with Crippen LogP contribution in [0.3, 0.4) is 0 Å². The smallest absolute Gasteiger partial charge is 0.0518 e. The van der Waals surface area contributed by atoms with Crippen LogP contribution in [-0.2, 0) is 9.47 Å². The maximum Gasteiger partial charge on any atom is 0.0518 e. The zero-order valence-corrected chi connectivity index (χ0v) is 9.22. The van der Waals surface area contributed by atoms with Gasteiger partial charge >= 0.3 is 0 Å². The highest BCUT2D eigenvalue weighted by molar-refractivity contribution is 6.20. The van der Waals surface area contributed by atoms with Gasteiger partial charge in [0.1, 0.15) is 0 Å². The van der Waals surface area contributed by atoms with Crippen LogP contribution in [0.15, 0.2) is 0 Å². The fraction of sp³-hybridized carbons (Fsp3) is 1.00. The highest BCUT2D eigenvalue weighted by Crippen LogP contribution is 2.23. The minimum atomic E-state index is 0.282. The van der Waals surface area contributed by atoms with E-state index in [1.165, 1.54) is 0 Å². The van der Waals surface area contributed by atoms with Gasteiger partial charge in [0.25, 0.3) is 0 Å². The zero-order valence-electron chi connectivity index (χ0n) is 8.46. The van der Waals surface area contributed by atoms with Crippen LogP contribution in [0.4, 0.5) is 0 Å². The first-order valence-electron chi connectivity index (χ1n) is 5.03. The van der Waals surface area contributed by atoms with E-state index < -0.39 is 0 Å². The summed E-state index contributed by atoms with van der Waals surface area (Å²) in [6.45, 7) is 6.52. The third kappa shape index (κ3) is 4.30. The molecule has 0 amide bonds. The Morgan fingerprint density at radius 2 is 2.31 bits per heavy atom. The predicted octanol–water partition coefficient (Wildman–Crippen LogP) is 2.45. The first-order valence-corrected chi connectivity index (χ1v) is 5.47. The van der Waals surface area contributed by atoms with E-state index >= 15 is 0 Å². The molecule has 0 aromatic rings. The Labute approximate surface area is 85.5 Å². The van der Waals surface area contributed by atoms with Crippen LogP contribution in [0.2, 0.25) is 0 Å². The van der Waals surface area contributed by atoms with Crippen molar-refractivity contribution in [3.05, 3.63) is 0 Å². The minimum absolute atomic E-state index is 0.282. The number of halogens is 1. The van der Waals surface area contributed by atoms with Crippen molar-refractivity contribution in [1.82, 2.24) is 0 Å². The Morgan fingerprint density at radius 3 is 2.92 bits per heavy atom. The van der Waals surface area contributed by atoms with Crippen LogP contribution in [0.5, 0.6) is 0 Å². The molecule has 2 atom stereocenters. The molecule has 0 spiro atoms. The summed E-state index contributed by atoms with van der Waals surface area (Å²) in [7, 11) is 0. The van der Waals surface area contributed by atoms with E-state index in [9.17, 15) is 0 Å². The predicted molar refractivity (Wildman–Crippen MR) is 54.3 cm³/mol. The van der Waals surface area contributed by atoms with Crippen molar-refractivity contribution < 1.29 is 9.47 Å². The molecule has 78 valence electrons. The molecule has 13 heavy (non-hydrogen) atoms. The van der Waals surface area contributed by atoms with Gasteiger partial charge in [-0.1, -0.05) is 0 Å². The van der Waals surface area contributed by atoms with Crippen molar-refractivity contribution in [1.29, 1.82) is 0 Å². The summed E-state index contributed by atoms with van der Waals surface area (Å²) in [5.74, 6) is 0.481. The SMILES string of the molecule is CC(C)OCCC1COCCC1Cl. The third-order valence-electron chi connectivity index (χ3n) is 2.32. The molecule has 2 nitrogen and oxygen atoms in total. The molecular formula is C10H19ClO2. The summed E-state index contributed by atoms with van der Waals surface area (Å²) >= 11 is 6.16. The van der Waals surface area contributed by atoms with Crippen LogP contribution in [0.25, 0.3) is 0 Å². The maximum atomic E-state index is 6.16. The van der Waals surface area contributed by atoms with Gasteiger partial charge in [0.05, 0.1) is 12.7 Å². The van der Waals surface area contributed by atoms with Crippen molar-refractivity contribution in [3.63, 3.8) is 0 Å². The molecule has 0 saturated carbocycles. The molecule has 1 aliphatic rings. The summed E-state index contributed by atoms with van der Waals surface area (Å²) in [5.41, 5.74) is 0. The lowest BCUT2D eigenvalue weighted by molar-refractivity contribution is 0.0236. The number of alkyl halides is 1. The zero-order chi connectivity index (χ0) is 9.68. The Morgan fingerprint density at radius 1 is 1.54 bits per heavy atom. The Bertz CT molecular complexity index is 139. The standard InChI is InChI=1S/C10H19ClO2/c1-8(2)13-6-3-9-7-12-5-4-10(9)11/h8-10H,3-7H2,1-2H3. The normalized spacial score (nSPS) is 29.5. The first-order chi connectivity index (χ1) is 6.20. The molecule has 2 unspecified atom stereocenters. The highest BCUT2D eigenvalue weighted by atomic mass is 35.5. The average molecular weight is 207 g/mol. The minimum Gasteiger partial charge on any atom is -0.381 e. The molecule has 0 aromatic carbocycles. The average Bonchev–Trinajstić information content (AvgIpc) is 2.08. The lowest BCUT2D eigenvalue weighted by atomic mass is 9.98. The van der Waals surface area contributed by atoms with Crippen LogP contribution in [-0.4, -0.2) is 31.3 Å². The highest BCUT2D eigenvalue weighted by Gasteiger charge is 2.23. The van der Waals surface area contributed by atoms with Crippen molar-refractivity contribution >= 4 is 11.6 Å². The maximum absolute atomic E-state index is 6.16. The van der Waals surface area contributed by atoms with Crippen molar-refractivity contribution in [3.8, 4) is 0 Å². The third-order valence-corrected chi connectivity index (χ3v) is 2.90. The second-order valence-corrected chi connectivity index (χ2v) is 4.41. The molecule has 0 bridgehead atoms. The van der Waals surface area contributed by atoms with Gasteiger partial charge in [0.2, 0.25) is 0 Å². The summed E-state index contributed by atoms with van der Waals surface area (Å²) in [4.78, 5) is 0. The van der Waals surface area contributed by atoms with Gasteiger partial charge in [-0.2, -0.15) is 0 Å². The molecular weight excluding hydrogens is 188 g/mol. The first kappa shape index (κ1) is 11.3. The van der Waals surface area contributed by atoms with Gasteiger partial charge in [0, 0.05) is 24.5 Å². The second kappa shape index (κ2) is 5.84. The van der Waals surface area contributed by atoms with Gasteiger partial charge in [-0.05, 0) is 26.7 Å². The number of hydrogen-bond donors (Lipinski definition) is 0. The van der Waals surface area contributed by atoms with Crippen LogP contribution in [0, 0.1) is 5.92 Å². The van der Waals surface area contributed by atoms with E-state index in [4.69, 9.17) is 21.1 Å². The van der Waals surface area contributed by atoms with Crippen LogP contribution in [0.1, 0.15) is 26.7 Å². The lowest BCUT2D eigenvalue weighted by Gasteiger charge is -2.27. The van der Waals surface area contributed by atoms with Crippen LogP contribution >= 0.6 is 11.6 Å². The molecule has 0 N–H and O–H groups in total. The summed E-state index contributed by atoms with van der Waals surface area (Å²) in [5, 5.41) is 0.282. The fourth-order valence-electron chi connectivity index (χ4n) is 1.49. The molecule has 3 heteroatoms. The van der Waals surface area contributed by atoms with Crippen LogP contribution < -0.4 is 0 Å². The van der Waals surface area contributed by atoms with Gasteiger partial charge < -0.3 is 9.47 Å². The Hall–Kier alpha value is 0.210. The Kier molecular flexibility index (Phi) is 5.07. The van der Waals surface area contributed by atoms with Crippen molar-refractivity contribution in [2.45, 2.75) is 38.2 Å². The molecule has 0 radical (unpaired) electrons. The molecule has 1 saturated heterocycles. The quantitative estimate of drug-likeness (QED) is 0.658. The van der Waals surface area contributed by atoms with Gasteiger partial charge in [-0.3, -0.25) is 0 Å². The van der Waals surface area contributed by atoms with Gasteiger partial charge in [0.15, 0.2) is 0 Å². The lowest BCUT2D eigenvalue weighted by Crippen LogP contribution is -2.29. The van der Waals surface area contributed by atoms with E-state index in [1.807, 2.05) is 0 Å². The Balaban J connectivity index is 2.11. The fourth-order valence-corrected chi connectivity index (χ4v) is 1.78. The van der Waals surface area contributed by atoms with E-state index in [0.29, 0.717) is 12.0 Å². The van der Waals surface area contributed by atoms with Gasteiger partial charge in [-0.25, -0.2) is 0 Å². The van der Waals surface area contributed by atoms with Gasteiger partial charge in [-0.15, -0.1) is 11.6 Å². The van der Waals surface area contributed by atoms with E-state index in [1.54, 1.807) is 0 Å². The molecule has 0 aliphatic carbocycles. The largest absolute Gasteiger partial charge is 0.381 e. The molecule has 0 aromatic heterocycles. The second-order valence-electron chi connectivity index (χ2n) is 3.85. The summed E-state index contributed by atoms with van der Waals surface area (Å²) < 4.78 is 10.8. The van der Waals surface area contributed by atoms with Crippen molar-refractivity contribution in [2.24, 2.45) is 5.92 Å². The summed E-state index contributed by atoms with van der Waals surface area (Å²) in [6.07, 6.45) is 2.32. The monoisotopic (exact) mass is 206 g/mol. The van der Waals surface area contributed by atoms with E-state index in [2.05, 4.69) is 13.8 Å². The van der Waals surface area contributed by atoms with E-state index in [0.717, 1.165) is 32.7 Å². The van der Waals surface area contributed by atoms with Crippen molar-refractivity contribution in [2.75, 3.05) is 19.8 Å². The summed E-state index contributed by atoms with van der Waals surface area (Å²) in [6, 6.07) is 0. The topological polar surface area (TPSA) is 18.5 Å². The molecule has 1 heterocycles. The molecule has 1 fully saturated rings. The number of hydrogen-bond acceptors (Lipinski definition) is 2. The number of ether oxygens (including phenoxy) is 2. The molecule has 1 aliphatic heterocycles. The number of rotatable bonds is 4.